The fourth-order valence-corrected chi connectivity index (χ4v) is 1.67. The highest BCUT2D eigenvalue weighted by Crippen LogP contribution is 2.02. The molecule has 0 bridgehead atoms. The third-order valence-electron chi connectivity index (χ3n) is 2.66. The Bertz CT molecular complexity index is 569. The van der Waals surface area contributed by atoms with E-state index in [2.05, 4.69) is 5.10 Å². The maximum Gasteiger partial charge on any atom is 0.342 e. The van der Waals surface area contributed by atoms with Gasteiger partial charge in [-0.3, -0.25) is 19.4 Å². The van der Waals surface area contributed by atoms with Crippen molar-refractivity contribution in [1.29, 1.82) is 0 Å². The summed E-state index contributed by atoms with van der Waals surface area (Å²) in [5.74, 6) is -0.557. The number of nitrogens with zero attached hydrogens (tertiary/aromatic N) is 3. The van der Waals surface area contributed by atoms with E-state index in [-0.39, 0.29) is 5.69 Å². The zero-order valence-corrected chi connectivity index (χ0v) is 9.38. The predicted octanol–water partition coefficient (Wildman–Crippen LogP) is -2.63. The molecule has 0 atom stereocenters. The van der Waals surface area contributed by atoms with Crippen LogP contribution in [0.5, 0.6) is 0 Å². The summed E-state index contributed by atoms with van der Waals surface area (Å²) in [4.78, 5) is 49.5. The van der Waals surface area contributed by atoms with Crippen LogP contribution in [0.4, 0.5) is 0 Å². The van der Waals surface area contributed by atoms with Gasteiger partial charge in [0.25, 0.3) is 11.5 Å². The molecule has 0 aliphatic carbocycles. The number of aromatic nitrogens is 3. The first-order chi connectivity index (χ1) is 8.61. The Hall–Kier alpha value is -2.45. The van der Waals surface area contributed by atoms with Gasteiger partial charge in [-0.2, -0.15) is 5.10 Å². The van der Waals surface area contributed by atoms with Crippen molar-refractivity contribution in [2.45, 2.75) is 0 Å². The molecule has 1 aromatic heterocycles. The summed E-state index contributed by atoms with van der Waals surface area (Å²) in [6.45, 7) is 1.49. The first-order valence-electron chi connectivity index (χ1n) is 5.29. The van der Waals surface area contributed by atoms with Crippen LogP contribution in [0.15, 0.2) is 9.59 Å². The molecule has 0 radical (unpaired) electrons. The minimum absolute atomic E-state index is 0.331. The molecule has 9 nitrogen and oxygen atoms in total. The highest BCUT2D eigenvalue weighted by Gasteiger charge is 2.24. The fraction of sp³-hybridized carbons (Fsp3) is 0.444. The number of aromatic amines is 2. The third kappa shape index (κ3) is 2.29. The van der Waals surface area contributed by atoms with E-state index in [9.17, 15) is 19.2 Å². The van der Waals surface area contributed by atoms with Gasteiger partial charge in [0.1, 0.15) is 0 Å². The zero-order chi connectivity index (χ0) is 13.1. The Morgan fingerprint density at radius 1 is 1.22 bits per heavy atom. The fourth-order valence-electron chi connectivity index (χ4n) is 1.67. The lowest BCUT2D eigenvalue weighted by Gasteiger charge is -2.31. The Morgan fingerprint density at radius 2 is 1.89 bits per heavy atom. The quantitative estimate of drug-likeness (QED) is 0.559. The Balaban J connectivity index is 2.15. The van der Waals surface area contributed by atoms with Gasteiger partial charge in [-0.15, -0.1) is 0 Å². The number of nitrogens with one attached hydrogen (secondary N) is 2. The molecule has 9 heteroatoms. The molecule has 2 heterocycles. The smallest absolute Gasteiger partial charge is 0.342 e. The molecule has 2 N–H and O–H groups in total. The number of H-pyrrole nitrogens is 2. The summed E-state index contributed by atoms with van der Waals surface area (Å²) in [7, 11) is 0. The van der Waals surface area contributed by atoms with E-state index in [4.69, 9.17) is 0 Å². The second kappa shape index (κ2) is 4.82. The van der Waals surface area contributed by atoms with Crippen molar-refractivity contribution in [3.8, 4) is 0 Å². The molecular formula is C9H11N5O4. The van der Waals surface area contributed by atoms with Crippen LogP contribution in [0.1, 0.15) is 10.5 Å². The van der Waals surface area contributed by atoms with Gasteiger partial charge in [0.2, 0.25) is 12.1 Å². The largest absolute Gasteiger partial charge is 0.342 e. The summed E-state index contributed by atoms with van der Waals surface area (Å²) >= 11 is 0. The zero-order valence-electron chi connectivity index (χ0n) is 9.38. The van der Waals surface area contributed by atoms with Gasteiger partial charge in [0.05, 0.1) is 0 Å². The van der Waals surface area contributed by atoms with E-state index in [0.29, 0.717) is 32.6 Å². The number of piperazine rings is 1. The monoisotopic (exact) mass is 253 g/mol. The van der Waals surface area contributed by atoms with Crippen molar-refractivity contribution >= 4 is 12.3 Å². The van der Waals surface area contributed by atoms with Crippen molar-refractivity contribution in [1.82, 2.24) is 25.0 Å². The van der Waals surface area contributed by atoms with Gasteiger partial charge in [-0.1, -0.05) is 0 Å². The maximum absolute atomic E-state index is 11.9. The van der Waals surface area contributed by atoms with Gasteiger partial charge in [-0.05, 0) is 0 Å². The molecule has 0 spiro atoms. The summed E-state index contributed by atoms with van der Waals surface area (Å²) in [5.41, 5.74) is -1.93. The highest BCUT2D eigenvalue weighted by atomic mass is 16.2. The van der Waals surface area contributed by atoms with Gasteiger partial charge < -0.3 is 9.80 Å². The topological polar surface area (TPSA) is 119 Å². The van der Waals surface area contributed by atoms with Gasteiger partial charge >= 0.3 is 5.69 Å². The van der Waals surface area contributed by atoms with Crippen molar-refractivity contribution in [2.24, 2.45) is 0 Å². The van der Waals surface area contributed by atoms with Crippen LogP contribution in [-0.4, -0.2) is 63.5 Å². The minimum atomic E-state index is -0.818. The number of amides is 2. The van der Waals surface area contributed by atoms with Crippen LogP contribution in [0.25, 0.3) is 0 Å². The summed E-state index contributed by atoms with van der Waals surface area (Å²) in [6.07, 6.45) is 0.715. The molecule has 1 aliphatic heterocycles. The number of hydrogen-bond donors (Lipinski definition) is 2. The van der Waals surface area contributed by atoms with Crippen molar-refractivity contribution in [3.05, 3.63) is 26.5 Å². The number of carbonyl (C=O) groups is 2. The molecule has 1 fully saturated rings. The van der Waals surface area contributed by atoms with E-state index in [1.165, 1.54) is 9.80 Å². The predicted molar refractivity (Wildman–Crippen MR) is 59.0 cm³/mol. The summed E-state index contributed by atoms with van der Waals surface area (Å²) in [5, 5.41) is 5.44. The van der Waals surface area contributed by atoms with E-state index < -0.39 is 17.2 Å². The van der Waals surface area contributed by atoms with Crippen LogP contribution in [-0.2, 0) is 4.79 Å². The molecule has 18 heavy (non-hydrogen) atoms. The van der Waals surface area contributed by atoms with Gasteiger partial charge in [0, 0.05) is 26.2 Å². The summed E-state index contributed by atoms with van der Waals surface area (Å²) < 4.78 is 0. The second-order valence-electron chi connectivity index (χ2n) is 3.79. The standard InChI is InChI=1S/C9H11N5O4/c15-5-13-1-3-14(4-2-13)8(17)6-7(16)10-9(18)12-11-6/h5H,1-4H2,(H2,10,12,16,18). The third-order valence-corrected chi connectivity index (χ3v) is 2.66. The van der Waals surface area contributed by atoms with Crippen LogP contribution in [0, 0.1) is 0 Å². The molecule has 0 aromatic carbocycles. The second-order valence-corrected chi connectivity index (χ2v) is 3.79. The van der Waals surface area contributed by atoms with Crippen LogP contribution < -0.4 is 11.2 Å². The van der Waals surface area contributed by atoms with Crippen molar-refractivity contribution < 1.29 is 9.59 Å². The lowest BCUT2D eigenvalue weighted by molar-refractivity contribution is -0.119. The van der Waals surface area contributed by atoms with Crippen molar-refractivity contribution in [3.63, 3.8) is 0 Å². The number of carbonyl (C=O) groups excluding carboxylic acids is 2. The molecule has 2 amide bonds. The van der Waals surface area contributed by atoms with Crippen LogP contribution in [0.3, 0.4) is 0 Å². The Morgan fingerprint density at radius 3 is 2.44 bits per heavy atom. The molecule has 0 unspecified atom stereocenters. The molecule has 1 aliphatic rings. The van der Waals surface area contributed by atoms with E-state index in [0.717, 1.165) is 0 Å². The molecule has 1 saturated heterocycles. The normalized spacial score (nSPS) is 15.6. The lowest BCUT2D eigenvalue weighted by Crippen LogP contribution is -2.49. The summed E-state index contributed by atoms with van der Waals surface area (Å²) in [6, 6.07) is 0. The lowest BCUT2D eigenvalue weighted by atomic mass is 10.3. The van der Waals surface area contributed by atoms with E-state index in [1.807, 2.05) is 10.1 Å². The molecule has 96 valence electrons. The first kappa shape index (κ1) is 12.0. The molecule has 0 saturated carbocycles. The van der Waals surface area contributed by atoms with Gasteiger partial charge in [0.15, 0.2) is 0 Å². The Kier molecular flexibility index (Phi) is 3.22. The average Bonchev–Trinajstić information content (AvgIpc) is 2.38. The molecule has 2 rings (SSSR count). The molecular weight excluding hydrogens is 242 g/mol. The minimum Gasteiger partial charge on any atom is -0.342 e. The van der Waals surface area contributed by atoms with Gasteiger partial charge in [-0.25, -0.2) is 9.89 Å². The SMILES string of the molecule is O=CN1CCN(C(=O)c2n[nH]c(=O)[nH]c2=O)CC1. The first-order valence-corrected chi connectivity index (χ1v) is 5.29. The number of rotatable bonds is 2. The highest BCUT2D eigenvalue weighted by molar-refractivity contribution is 5.91. The maximum atomic E-state index is 11.9. The average molecular weight is 253 g/mol. The van der Waals surface area contributed by atoms with E-state index in [1.54, 1.807) is 0 Å². The van der Waals surface area contributed by atoms with E-state index >= 15 is 0 Å². The van der Waals surface area contributed by atoms with Crippen LogP contribution in [0.2, 0.25) is 0 Å². The molecule has 1 aromatic rings. The van der Waals surface area contributed by atoms with Crippen LogP contribution >= 0.6 is 0 Å². The number of hydrogen-bond acceptors (Lipinski definition) is 5. The van der Waals surface area contributed by atoms with Crippen molar-refractivity contribution in [2.75, 3.05) is 26.2 Å². The Labute approximate surface area is 100 Å².